The number of nitrogens with zero attached hydrogens (tertiary/aromatic N) is 3. The van der Waals surface area contributed by atoms with Crippen molar-refractivity contribution in [3.05, 3.63) is 23.8 Å². The molecule has 0 saturated heterocycles. The van der Waals surface area contributed by atoms with Crippen LogP contribution in [0.5, 0.6) is 5.75 Å². The summed E-state index contributed by atoms with van der Waals surface area (Å²) >= 11 is 0. The third-order valence-electron chi connectivity index (χ3n) is 2.78. The molecular weight excluding hydrogens is 268 g/mol. The highest BCUT2D eigenvalue weighted by molar-refractivity contribution is 5.90. The average molecular weight is 292 g/mol. The van der Waals surface area contributed by atoms with Crippen LogP contribution in [0.25, 0.3) is 0 Å². The highest BCUT2D eigenvalue weighted by Gasteiger charge is 2.07. The maximum absolute atomic E-state index is 11.2. The van der Waals surface area contributed by atoms with Gasteiger partial charge in [-0.1, -0.05) is 6.07 Å². The number of benzene rings is 1. The molecule has 116 valence electrons. The first-order valence-corrected chi connectivity index (χ1v) is 6.68. The predicted octanol–water partition coefficient (Wildman–Crippen LogP) is 1.63. The van der Waals surface area contributed by atoms with E-state index in [1.165, 1.54) is 6.92 Å². The lowest BCUT2D eigenvalue weighted by atomic mass is 10.2. The first-order chi connectivity index (χ1) is 9.85. The molecule has 1 amide bonds. The fraction of sp³-hybridized carbons (Fsp3) is 0.467. The lowest BCUT2D eigenvalue weighted by Gasteiger charge is -2.22. The Morgan fingerprint density at radius 2 is 1.86 bits per heavy atom. The lowest BCUT2D eigenvalue weighted by molar-refractivity contribution is -0.114. The van der Waals surface area contributed by atoms with Gasteiger partial charge in [0.25, 0.3) is 0 Å². The van der Waals surface area contributed by atoms with E-state index in [-0.39, 0.29) is 5.91 Å². The Hall–Kier alpha value is -2.24. The van der Waals surface area contributed by atoms with Gasteiger partial charge in [0.2, 0.25) is 5.91 Å². The molecule has 0 aliphatic rings. The highest BCUT2D eigenvalue weighted by Crippen LogP contribution is 2.25. The van der Waals surface area contributed by atoms with Crippen LogP contribution in [0.3, 0.4) is 0 Å². The molecule has 0 heterocycles. The fourth-order valence-corrected chi connectivity index (χ4v) is 1.99. The third-order valence-corrected chi connectivity index (χ3v) is 2.78. The largest absolute Gasteiger partial charge is 0.495 e. The van der Waals surface area contributed by atoms with E-state index in [2.05, 4.69) is 10.3 Å². The standard InChI is InChI=1S/C15H24N4O2/c1-11(20)17-13-9-12(7-8-14(13)21-6)10-16-15(18(2)3)19(4)5/h7-9H,10H2,1-6H3,(H,17,20). The number of methoxy groups -OCH3 is 1. The van der Waals surface area contributed by atoms with Gasteiger partial charge in [-0.3, -0.25) is 4.79 Å². The molecule has 21 heavy (non-hydrogen) atoms. The number of aliphatic imine (C=N–C) groups is 1. The van der Waals surface area contributed by atoms with Gasteiger partial charge in [0.15, 0.2) is 5.96 Å². The van der Waals surface area contributed by atoms with E-state index < -0.39 is 0 Å². The van der Waals surface area contributed by atoms with Crippen LogP contribution in [-0.2, 0) is 11.3 Å². The van der Waals surface area contributed by atoms with Gasteiger partial charge in [-0.15, -0.1) is 0 Å². The van der Waals surface area contributed by atoms with E-state index in [1.54, 1.807) is 7.11 Å². The Kier molecular flexibility index (Phi) is 6.02. The zero-order valence-corrected chi connectivity index (χ0v) is 13.6. The summed E-state index contributed by atoms with van der Waals surface area (Å²) in [6.07, 6.45) is 0. The number of nitrogens with one attached hydrogen (secondary N) is 1. The summed E-state index contributed by atoms with van der Waals surface area (Å²) in [4.78, 5) is 19.7. The summed E-state index contributed by atoms with van der Waals surface area (Å²) in [6, 6.07) is 5.66. The number of anilines is 1. The molecule has 1 N–H and O–H groups in total. The Balaban J connectivity index is 2.99. The zero-order valence-electron chi connectivity index (χ0n) is 13.6. The van der Waals surface area contributed by atoms with E-state index in [0.29, 0.717) is 18.0 Å². The molecule has 0 spiro atoms. The number of hydrogen-bond donors (Lipinski definition) is 1. The van der Waals surface area contributed by atoms with Gasteiger partial charge in [-0.2, -0.15) is 0 Å². The van der Waals surface area contributed by atoms with E-state index in [0.717, 1.165) is 11.5 Å². The predicted molar refractivity (Wildman–Crippen MR) is 85.8 cm³/mol. The van der Waals surface area contributed by atoms with Crippen molar-refractivity contribution in [3.8, 4) is 5.75 Å². The summed E-state index contributed by atoms with van der Waals surface area (Å²) in [5, 5.41) is 2.76. The molecule has 0 aliphatic heterocycles. The molecule has 1 rings (SSSR count). The fourth-order valence-electron chi connectivity index (χ4n) is 1.99. The topological polar surface area (TPSA) is 57.2 Å². The SMILES string of the molecule is COc1ccc(CN=C(N(C)C)N(C)C)cc1NC(C)=O. The number of rotatable bonds is 4. The van der Waals surface area contributed by atoms with E-state index in [1.807, 2.05) is 56.2 Å². The molecule has 0 aliphatic carbocycles. The Bertz CT molecular complexity index is 514. The Morgan fingerprint density at radius 1 is 1.24 bits per heavy atom. The molecule has 1 aromatic carbocycles. The van der Waals surface area contributed by atoms with Gasteiger partial charge in [-0.25, -0.2) is 4.99 Å². The van der Waals surface area contributed by atoms with Crippen LogP contribution in [0.1, 0.15) is 12.5 Å². The molecule has 0 atom stereocenters. The lowest BCUT2D eigenvalue weighted by Crippen LogP contribution is -2.35. The van der Waals surface area contributed by atoms with Crippen molar-refractivity contribution in [3.63, 3.8) is 0 Å². The van der Waals surface area contributed by atoms with Crippen LogP contribution in [-0.4, -0.2) is 57.0 Å². The first kappa shape index (κ1) is 16.8. The molecular formula is C15H24N4O2. The van der Waals surface area contributed by atoms with Crippen molar-refractivity contribution in [2.75, 3.05) is 40.6 Å². The Labute approximate surface area is 126 Å². The van der Waals surface area contributed by atoms with E-state index >= 15 is 0 Å². The van der Waals surface area contributed by atoms with Crippen LogP contribution in [0, 0.1) is 0 Å². The minimum atomic E-state index is -0.128. The molecule has 6 nitrogen and oxygen atoms in total. The molecule has 0 radical (unpaired) electrons. The number of carbonyl (C=O) groups excluding carboxylic acids is 1. The van der Waals surface area contributed by atoms with Gasteiger partial charge < -0.3 is 19.9 Å². The van der Waals surface area contributed by atoms with Crippen molar-refractivity contribution in [2.24, 2.45) is 4.99 Å². The number of ether oxygens (including phenoxy) is 1. The molecule has 0 unspecified atom stereocenters. The smallest absolute Gasteiger partial charge is 0.221 e. The van der Waals surface area contributed by atoms with Gasteiger partial charge in [-0.05, 0) is 17.7 Å². The average Bonchev–Trinajstić information content (AvgIpc) is 2.37. The second-order valence-corrected chi connectivity index (χ2v) is 5.12. The van der Waals surface area contributed by atoms with Crippen molar-refractivity contribution in [1.82, 2.24) is 9.80 Å². The Morgan fingerprint density at radius 3 is 2.33 bits per heavy atom. The van der Waals surface area contributed by atoms with E-state index in [4.69, 9.17) is 4.74 Å². The zero-order chi connectivity index (χ0) is 16.0. The minimum absolute atomic E-state index is 0.128. The van der Waals surface area contributed by atoms with Gasteiger partial charge in [0.05, 0.1) is 19.3 Å². The van der Waals surface area contributed by atoms with Crippen molar-refractivity contribution in [1.29, 1.82) is 0 Å². The number of guanidine groups is 1. The summed E-state index contributed by atoms with van der Waals surface area (Å²) in [7, 11) is 9.39. The maximum atomic E-state index is 11.2. The molecule has 1 aromatic rings. The monoisotopic (exact) mass is 292 g/mol. The molecule has 0 aromatic heterocycles. The molecule has 6 heteroatoms. The normalized spacial score (nSPS) is 9.81. The van der Waals surface area contributed by atoms with Crippen LogP contribution in [0.15, 0.2) is 23.2 Å². The molecule has 0 fully saturated rings. The van der Waals surface area contributed by atoms with Crippen LogP contribution < -0.4 is 10.1 Å². The second kappa shape index (κ2) is 7.52. The van der Waals surface area contributed by atoms with Crippen LogP contribution >= 0.6 is 0 Å². The number of amides is 1. The maximum Gasteiger partial charge on any atom is 0.221 e. The molecule has 0 saturated carbocycles. The van der Waals surface area contributed by atoms with Crippen molar-refractivity contribution < 1.29 is 9.53 Å². The van der Waals surface area contributed by atoms with Crippen molar-refractivity contribution >= 4 is 17.6 Å². The van der Waals surface area contributed by atoms with Gasteiger partial charge in [0, 0.05) is 35.1 Å². The third kappa shape index (κ3) is 4.98. The minimum Gasteiger partial charge on any atom is -0.495 e. The second-order valence-electron chi connectivity index (χ2n) is 5.12. The van der Waals surface area contributed by atoms with E-state index in [9.17, 15) is 4.79 Å². The number of hydrogen-bond acceptors (Lipinski definition) is 3. The quantitative estimate of drug-likeness (QED) is 0.677. The van der Waals surface area contributed by atoms with Gasteiger partial charge >= 0.3 is 0 Å². The summed E-state index contributed by atoms with van der Waals surface area (Å²) in [6.45, 7) is 2.00. The molecule has 0 bridgehead atoms. The first-order valence-electron chi connectivity index (χ1n) is 6.68. The van der Waals surface area contributed by atoms with Crippen LogP contribution in [0.4, 0.5) is 5.69 Å². The highest BCUT2D eigenvalue weighted by atomic mass is 16.5. The summed E-state index contributed by atoms with van der Waals surface area (Å²) < 4.78 is 5.24. The summed E-state index contributed by atoms with van der Waals surface area (Å²) in [5.74, 6) is 1.39. The van der Waals surface area contributed by atoms with Gasteiger partial charge in [0.1, 0.15) is 5.75 Å². The number of carbonyl (C=O) groups is 1. The van der Waals surface area contributed by atoms with Crippen LogP contribution in [0.2, 0.25) is 0 Å². The summed E-state index contributed by atoms with van der Waals surface area (Å²) in [5.41, 5.74) is 1.66. The van der Waals surface area contributed by atoms with Crippen molar-refractivity contribution in [2.45, 2.75) is 13.5 Å².